The van der Waals surface area contributed by atoms with E-state index in [1.807, 2.05) is 6.07 Å². The topological polar surface area (TPSA) is 88.2 Å². The molecule has 18 heavy (non-hydrogen) atoms. The first-order chi connectivity index (χ1) is 8.55. The Bertz CT molecular complexity index is 516. The van der Waals surface area contributed by atoms with E-state index in [2.05, 4.69) is 15.6 Å². The minimum absolute atomic E-state index is 0.0350. The molecule has 0 spiro atoms. The van der Waals surface area contributed by atoms with Gasteiger partial charge >= 0.3 is 6.03 Å². The number of hydrogen-bond acceptors (Lipinski definition) is 4. The normalized spacial score (nSPS) is 21.4. The van der Waals surface area contributed by atoms with E-state index in [9.17, 15) is 13.2 Å². The number of sulfone groups is 1. The van der Waals surface area contributed by atoms with Gasteiger partial charge in [0.1, 0.15) is 0 Å². The average Bonchev–Trinajstić information content (AvgIpc) is 2.67. The molecule has 1 saturated heterocycles. The number of amides is 2. The van der Waals surface area contributed by atoms with Gasteiger partial charge in [0.25, 0.3) is 0 Å². The predicted octanol–water partition coefficient (Wildman–Crippen LogP) is 0.0679. The zero-order chi connectivity index (χ0) is 13.0. The van der Waals surface area contributed by atoms with Crippen molar-refractivity contribution in [2.24, 2.45) is 0 Å². The first-order valence-corrected chi connectivity index (χ1v) is 7.51. The molecule has 2 amide bonds. The fraction of sp³-hybridized carbons (Fsp3) is 0.455. The molecular weight excluding hydrogens is 254 g/mol. The van der Waals surface area contributed by atoms with Gasteiger partial charge in [0.05, 0.1) is 11.5 Å². The summed E-state index contributed by atoms with van der Waals surface area (Å²) >= 11 is 0. The minimum Gasteiger partial charge on any atom is -0.334 e. The highest BCUT2D eigenvalue weighted by Crippen LogP contribution is 2.10. The fourth-order valence-electron chi connectivity index (χ4n) is 1.83. The molecule has 0 saturated carbocycles. The van der Waals surface area contributed by atoms with Gasteiger partial charge in [-0.3, -0.25) is 4.98 Å². The molecule has 98 valence electrons. The molecule has 1 aliphatic rings. The van der Waals surface area contributed by atoms with Gasteiger partial charge in [-0.2, -0.15) is 0 Å². The zero-order valence-corrected chi connectivity index (χ0v) is 10.6. The minimum atomic E-state index is -2.96. The van der Waals surface area contributed by atoms with Gasteiger partial charge < -0.3 is 10.6 Å². The number of nitrogens with zero attached hydrogens (tertiary/aromatic N) is 1. The van der Waals surface area contributed by atoms with Gasteiger partial charge in [-0.25, -0.2) is 13.2 Å². The van der Waals surface area contributed by atoms with E-state index in [4.69, 9.17) is 0 Å². The number of urea groups is 1. The molecule has 1 aromatic heterocycles. The Balaban J connectivity index is 1.76. The van der Waals surface area contributed by atoms with Gasteiger partial charge in [0, 0.05) is 25.0 Å². The van der Waals surface area contributed by atoms with E-state index in [1.165, 1.54) is 0 Å². The molecule has 6 nitrogen and oxygen atoms in total. The Labute approximate surface area is 106 Å². The molecule has 2 N–H and O–H groups in total. The number of nitrogens with one attached hydrogen (secondary N) is 2. The van der Waals surface area contributed by atoms with E-state index in [-0.39, 0.29) is 23.6 Å². The molecule has 0 bridgehead atoms. The van der Waals surface area contributed by atoms with Crippen molar-refractivity contribution in [1.29, 1.82) is 0 Å². The van der Waals surface area contributed by atoms with Crippen LogP contribution in [0.1, 0.15) is 12.0 Å². The summed E-state index contributed by atoms with van der Waals surface area (Å²) in [6.07, 6.45) is 3.82. The van der Waals surface area contributed by atoms with Crippen LogP contribution in [-0.4, -0.2) is 37.0 Å². The molecule has 7 heteroatoms. The average molecular weight is 269 g/mol. The molecule has 0 radical (unpaired) electrons. The number of hydrogen-bond donors (Lipinski definition) is 2. The summed E-state index contributed by atoms with van der Waals surface area (Å²) < 4.78 is 22.4. The fourth-order valence-corrected chi connectivity index (χ4v) is 3.50. The quantitative estimate of drug-likeness (QED) is 0.812. The summed E-state index contributed by atoms with van der Waals surface area (Å²) in [5.41, 5.74) is 0.895. The van der Waals surface area contributed by atoms with Crippen LogP contribution in [0.15, 0.2) is 24.5 Å². The molecule has 1 aliphatic heterocycles. The van der Waals surface area contributed by atoms with Crippen LogP contribution in [0.2, 0.25) is 0 Å². The number of rotatable bonds is 3. The van der Waals surface area contributed by atoms with E-state index in [1.54, 1.807) is 18.5 Å². The largest absolute Gasteiger partial charge is 0.334 e. The third kappa shape index (κ3) is 3.69. The van der Waals surface area contributed by atoms with Crippen LogP contribution in [0.25, 0.3) is 0 Å². The molecule has 0 aliphatic carbocycles. The molecule has 1 unspecified atom stereocenters. The first kappa shape index (κ1) is 12.8. The smallest absolute Gasteiger partial charge is 0.315 e. The Hall–Kier alpha value is -1.63. The van der Waals surface area contributed by atoms with Crippen molar-refractivity contribution in [1.82, 2.24) is 15.6 Å². The van der Waals surface area contributed by atoms with Crippen molar-refractivity contribution < 1.29 is 13.2 Å². The molecule has 1 atom stereocenters. The van der Waals surface area contributed by atoms with Crippen LogP contribution >= 0.6 is 0 Å². The number of carbonyl (C=O) groups excluding carboxylic acids is 1. The second-order valence-electron chi connectivity index (χ2n) is 4.29. The van der Waals surface area contributed by atoms with E-state index in [0.29, 0.717) is 13.0 Å². The van der Waals surface area contributed by atoms with Crippen LogP contribution in [0.5, 0.6) is 0 Å². The monoisotopic (exact) mass is 269 g/mol. The van der Waals surface area contributed by atoms with Crippen molar-refractivity contribution >= 4 is 15.9 Å². The molecule has 2 rings (SSSR count). The Morgan fingerprint density at radius 1 is 1.50 bits per heavy atom. The summed E-state index contributed by atoms with van der Waals surface area (Å²) in [7, 11) is -2.96. The Kier molecular flexibility index (Phi) is 3.81. The molecule has 0 aromatic carbocycles. The number of pyridine rings is 1. The molecule has 1 aromatic rings. The summed E-state index contributed by atoms with van der Waals surface area (Å²) in [5, 5.41) is 5.32. The highest BCUT2D eigenvalue weighted by molar-refractivity contribution is 7.91. The Morgan fingerprint density at radius 2 is 2.33 bits per heavy atom. The summed E-state index contributed by atoms with van der Waals surface area (Å²) in [4.78, 5) is 15.5. The lowest BCUT2D eigenvalue weighted by Gasteiger charge is -2.11. The van der Waals surface area contributed by atoms with Gasteiger partial charge in [-0.1, -0.05) is 6.07 Å². The van der Waals surface area contributed by atoms with Crippen LogP contribution in [-0.2, 0) is 16.4 Å². The Morgan fingerprint density at radius 3 is 2.94 bits per heavy atom. The van der Waals surface area contributed by atoms with E-state index >= 15 is 0 Å². The SMILES string of the molecule is O=C(NCc1cccnc1)NC1CCS(=O)(=O)C1. The van der Waals surface area contributed by atoms with Crippen molar-refractivity contribution in [3.05, 3.63) is 30.1 Å². The highest BCUT2D eigenvalue weighted by Gasteiger charge is 2.28. The third-order valence-corrected chi connectivity index (χ3v) is 4.51. The third-order valence-electron chi connectivity index (χ3n) is 2.74. The highest BCUT2D eigenvalue weighted by atomic mass is 32.2. The van der Waals surface area contributed by atoms with Crippen molar-refractivity contribution in [3.8, 4) is 0 Å². The standard InChI is InChI=1S/C11H15N3O3S/c15-11(13-7-9-2-1-4-12-6-9)14-10-3-5-18(16,17)8-10/h1-2,4,6,10H,3,5,7-8H2,(H2,13,14,15). The molecule has 1 fully saturated rings. The number of carbonyl (C=O) groups is 1. The summed E-state index contributed by atoms with van der Waals surface area (Å²) in [6.45, 7) is 0.374. The van der Waals surface area contributed by atoms with Crippen molar-refractivity contribution in [3.63, 3.8) is 0 Å². The van der Waals surface area contributed by atoms with Gasteiger partial charge in [-0.05, 0) is 18.1 Å². The van der Waals surface area contributed by atoms with Crippen molar-refractivity contribution in [2.75, 3.05) is 11.5 Å². The van der Waals surface area contributed by atoms with Crippen LogP contribution in [0.3, 0.4) is 0 Å². The number of aromatic nitrogens is 1. The summed E-state index contributed by atoms with van der Waals surface area (Å²) in [6, 6.07) is 3.02. The second-order valence-corrected chi connectivity index (χ2v) is 6.52. The second kappa shape index (κ2) is 5.34. The molecule has 2 heterocycles. The van der Waals surface area contributed by atoms with Crippen molar-refractivity contribution in [2.45, 2.75) is 19.0 Å². The maximum absolute atomic E-state index is 11.5. The lowest BCUT2D eigenvalue weighted by molar-refractivity contribution is 0.237. The van der Waals surface area contributed by atoms with Gasteiger partial charge in [-0.15, -0.1) is 0 Å². The van der Waals surface area contributed by atoms with Gasteiger partial charge in [0.2, 0.25) is 0 Å². The molecular formula is C11H15N3O3S. The van der Waals surface area contributed by atoms with E-state index < -0.39 is 9.84 Å². The van der Waals surface area contributed by atoms with Crippen LogP contribution < -0.4 is 10.6 Å². The lowest BCUT2D eigenvalue weighted by atomic mass is 10.2. The maximum Gasteiger partial charge on any atom is 0.315 e. The predicted molar refractivity (Wildman–Crippen MR) is 66.7 cm³/mol. The summed E-state index contributed by atoms with van der Waals surface area (Å²) in [5.74, 6) is 0.188. The van der Waals surface area contributed by atoms with Crippen LogP contribution in [0, 0.1) is 0 Å². The lowest BCUT2D eigenvalue weighted by Crippen LogP contribution is -2.42. The van der Waals surface area contributed by atoms with Gasteiger partial charge in [0.15, 0.2) is 9.84 Å². The van der Waals surface area contributed by atoms with E-state index in [0.717, 1.165) is 5.56 Å². The van der Waals surface area contributed by atoms with Crippen LogP contribution in [0.4, 0.5) is 4.79 Å². The maximum atomic E-state index is 11.5. The first-order valence-electron chi connectivity index (χ1n) is 5.69. The zero-order valence-electron chi connectivity index (χ0n) is 9.80.